The lowest BCUT2D eigenvalue weighted by atomic mass is 9.84. The summed E-state index contributed by atoms with van der Waals surface area (Å²) in [6.45, 7) is 5.82. The fraction of sp³-hybridized carbons (Fsp3) is 0.889. The number of nitrogens with one attached hydrogen (secondary N) is 1. The third kappa shape index (κ3) is 4.71. The zero-order chi connectivity index (χ0) is 17.8. The Morgan fingerprint density at radius 3 is 2.68 bits per heavy atom. The molecule has 0 radical (unpaired) electrons. The zero-order valence-electron chi connectivity index (χ0n) is 15.2. The third-order valence-corrected chi connectivity index (χ3v) is 5.98. The Bertz CT molecular complexity index is 477. The Balaban J connectivity index is 1.44. The first-order valence-corrected chi connectivity index (χ1v) is 9.64. The van der Waals surface area contributed by atoms with E-state index in [4.69, 9.17) is 9.84 Å². The summed E-state index contributed by atoms with van der Waals surface area (Å²) < 4.78 is 5.54. The summed E-state index contributed by atoms with van der Waals surface area (Å²) in [6.07, 6.45) is 5.56. The van der Waals surface area contributed by atoms with Crippen molar-refractivity contribution in [3.05, 3.63) is 0 Å². The van der Waals surface area contributed by atoms with E-state index in [1.54, 1.807) is 0 Å². The average molecular weight is 353 g/mol. The molecule has 3 aliphatic rings. The van der Waals surface area contributed by atoms with Gasteiger partial charge >= 0.3 is 5.97 Å². The molecule has 2 aliphatic carbocycles. The van der Waals surface area contributed by atoms with E-state index in [-0.39, 0.29) is 30.6 Å². The van der Waals surface area contributed by atoms with Crippen molar-refractivity contribution in [2.75, 3.05) is 39.4 Å². The lowest BCUT2D eigenvalue weighted by Crippen LogP contribution is -2.60. The monoisotopic (exact) mass is 353 g/mol. The molecule has 1 amide bonds. The van der Waals surface area contributed by atoms with Crippen LogP contribution in [-0.2, 0) is 14.3 Å². The van der Waals surface area contributed by atoms with Crippen molar-refractivity contribution in [2.45, 2.75) is 57.2 Å². The Hall–Kier alpha value is -1.18. The molecule has 1 heterocycles. The molecule has 3 fully saturated rings. The lowest BCUT2D eigenvalue weighted by molar-refractivity contribution is -0.140. The van der Waals surface area contributed by atoms with Gasteiger partial charge in [0.05, 0.1) is 19.8 Å². The molecule has 1 saturated heterocycles. The van der Waals surface area contributed by atoms with Gasteiger partial charge < -0.3 is 15.2 Å². The molecular formula is C18H31N3O4. The van der Waals surface area contributed by atoms with Crippen LogP contribution >= 0.6 is 0 Å². The van der Waals surface area contributed by atoms with E-state index in [9.17, 15) is 9.59 Å². The van der Waals surface area contributed by atoms with Crippen molar-refractivity contribution in [2.24, 2.45) is 5.92 Å². The number of nitrogens with zero attached hydrogens (tertiary/aromatic N) is 2. The van der Waals surface area contributed by atoms with E-state index in [1.165, 1.54) is 19.3 Å². The van der Waals surface area contributed by atoms with Crippen LogP contribution in [-0.4, -0.2) is 84.3 Å². The number of likely N-dealkylation sites (N-methyl/N-ethyl adjacent to an activating group) is 1. The van der Waals surface area contributed by atoms with Gasteiger partial charge in [-0.1, -0.05) is 13.3 Å². The number of carbonyl (C=O) groups excluding carboxylic acids is 1. The van der Waals surface area contributed by atoms with Gasteiger partial charge in [-0.25, -0.2) is 0 Å². The van der Waals surface area contributed by atoms with Gasteiger partial charge in [0.15, 0.2) is 0 Å². The molecule has 2 saturated carbocycles. The van der Waals surface area contributed by atoms with E-state index >= 15 is 0 Å². The normalized spacial score (nSPS) is 30.6. The van der Waals surface area contributed by atoms with Crippen molar-refractivity contribution in [1.29, 1.82) is 0 Å². The fourth-order valence-electron chi connectivity index (χ4n) is 4.08. The number of carboxylic acids is 1. The molecule has 1 unspecified atom stereocenters. The van der Waals surface area contributed by atoms with Gasteiger partial charge in [-0.15, -0.1) is 0 Å². The first kappa shape index (κ1) is 18.6. The highest BCUT2D eigenvalue weighted by Crippen LogP contribution is 2.29. The molecule has 0 bridgehead atoms. The summed E-state index contributed by atoms with van der Waals surface area (Å²) in [4.78, 5) is 27.8. The minimum atomic E-state index is -0.791. The molecule has 0 aromatic heterocycles. The number of carboxylic acid groups (broad SMARTS) is 1. The molecule has 1 atom stereocenters. The lowest BCUT2D eigenvalue weighted by Gasteiger charge is -2.44. The minimum absolute atomic E-state index is 0.0729. The number of carbonyl (C=O) groups is 2. The summed E-state index contributed by atoms with van der Waals surface area (Å²) >= 11 is 0. The number of hydrogen-bond acceptors (Lipinski definition) is 5. The van der Waals surface area contributed by atoms with Crippen molar-refractivity contribution in [3.8, 4) is 0 Å². The molecular weight excluding hydrogens is 322 g/mol. The highest BCUT2D eigenvalue weighted by atomic mass is 16.5. The maximum atomic E-state index is 12.7. The van der Waals surface area contributed by atoms with Gasteiger partial charge in [-0.05, 0) is 38.1 Å². The van der Waals surface area contributed by atoms with Crippen molar-refractivity contribution in [3.63, 3.8) is 0 Å². The summed E-state index contributed by atoms with van der Waals surface area (Å²) in [5, 5.41) is 12.1. The highest BCUT2D eigenvalue weighted by Gasteiger charge is 2.38. The minimum Gasteiger partial charge on any atom is -0.480 e. The molecule has 1 aliphatic heterocycles. The van der Waals surface area contributed by atoms with Crippen LogP contribution in [0.3, 0.4) is 0 Å². The van der Waals surface area contributed by atoms with E-state index in [0.29, 0.717) is 13.2 Å². The molecule has 0 aromatic carbocycles. The largest absolute Gasteiger partial charge is 0.480 e. The standard InChI is InChI=1S/C18H31N3O4/c1-2-20(11-17(22)23)15-8-14(9-15)19-18(24)16-12-25-7-6-21(16)10-13-4-3-5-13/h13-16H,2-12H2,1H3,(H,19,24)(H,22,23). The van der Waals surface area contributed by atoms with Crippen LogP contribution in [0, 0.1) is 5.92 Å². The van der Waals surface area contributed by atoms with Crippen LogP contribution < -0.4 is 5.32 Å². The second kappa shape index (κ2) is 8.47. The third-order valence-electron chi connectivity index (χ3n) is 5.98. The van der Waals surface area contributed by atoms with Gasteiger partial charge in [0.1, 0.15) is 6.04 Å². The smallest absolute Gasteiger partial charge is 0.317 e. The fourth-order valence-corrected chi connectivity index (χ4v) is 4.08. The molecule has 25 heavy (non-hydrogen) atoms. The van der Waals surface area contributed by atoms with Crippen LogP contribution in [0.15, 0.2) is 0 Å². The number of amides is 1. The molecule has 0 spiro atoms. The Morgan fingerprint density at radius 2 is 2.08 bits per heavy atom. The van der Waals surface area contributed by atoms with E-state index in [2.05, 4.69) is 10.2 Å². The topological polar surface area (TPSA) is 82.1 Å². The molecule has 0 aromatic rings. The van der Waals surface area contributed by atoms with Crippen LogP contribution in [0.2, 0.25) is 0 Å². The molecule has 7 heteroatoms. The van der Waals surface area contributed by atoms with Gasteiger partial charge in [-0.2, -0.15) is 0 Å². The predicted molar refractivity (Wildman–Crippen MR) is 93.4 cm³/mol. The van der Waals surface area contributed by atoms with Crippen LogP contribution in [0.4, 0.5) is 0 Å². The van der Waals surface area contributed by atoms with Gasteiger partial charge in [0.2, 0.25) is 5.91 Å². The number of ether oxygens (including phenoxy) is 1. The zero-order valence-corrected chi connectivity index (χ0v) is 15.2. The Morgan fingerprint density at radius 1 is 1.32 bits per heavy atom. The first-order valence-electron chi connectivity index (χ1n) is 9.64. The van der Waals surface area contributed by atoms with Crippen LogP contribution in [0.1, 0.15) is 39.0 Å². The van der Waals surface area contributed by atoms with Crippen molar-refractivity contribution >= 4 is 11.9 Å². The van der Waals surface area contributed by atoms with E-state index in [1.807, 2.05) is 11.8 Å². The summed E-state index contributed by atoms with van der Waals surface area (Å²) in [5.41, 5.74) is 0. The Kier molecular flexibility index (Phi) is 6.30. The van der Waals surface area contributed by atoms with Gasteiger partial charge in [0.25, 0.3) is 0 Å². The van der Waals surface area contributed by atoms with E-state index in [0.717, 1.165) is 38.4 Å². The number of morpholine rings is 1. The van der Waals surface area contributed by atoms with E-state index < -0.39 is 5.97 Å². The van der Waals surface area contributed by atoms with Crippen LogP contribution in [0.25, 0.3) is 0 Å². The SMILES string of the molecule is CCN(CC(=O)O)C1CC(NC(=O)C2COCCN2CC2CCC2)C1. The van der Waals surface area contributed by atoms with Gasteiger partial charge in [0, 0.05) is 25.2 Å². The van der Waals surface area contributed by atoms with Crippen molar-refractivity contribution in [1.82, 2.24) is 15.1 Å². The number of hydrogen-bond donors (Lipinski definition) is 2. The summed E-state index contributed by atoms with van der Waals surface area (Å²) in [6, 6.07) is 0.252. The van der Waals surface area contributed by atoms with Crippen LogP contribution in [0.5, 0.6) is 0 Å². The number of rotatable bonds is 8. The first-order chi connectivity index (χ1) is 12.1. The molecule has 7 nitrogen and oxygen atoms in total. The average Bonchev–Trinajstić information content (AvgIpc) is 2.52. The summed E-state index contributed by atoms with van der Waals surface area (Å²) in [7, 11) is 0. The van der Waals surface area contributed by atoms with Gasteiger partial charge in [-0.3, -0.25) is 19.4 Å². The Labute approximate surface area is 149 Å². The maximum absolute atomic E-state index is 12.7. The predicted octanol–water partition coefficient (Wildman–Crippen LogP) is 0.541. The summed E-state index contributed by atoms with van der Waals surface area (Å²) in [5.74, 6) is 0.0275. The molecule has 2 N–H and O–H groups in total. The van der Waals surface area contributed by atoms with Crippen molar-refractivity contribution < 1.29 is 19.4 Å². The maximum Gasteiger partial charge on any atom is 0.317 e. The molecule has 3 rings (SSSR count). The second-order valence-electron chi connectivity index (χ2n) is 7.67. The molecule has 142 valence electrons. The second-order valence-corrected chi connectivity index (χ2v) is 7.67. The quantitative estimate of drug-likeness (QED) is 0.663. The number of aliphatic carboxylic acids is 1. The highest BCUT2D eigenvalue weighted by molar-refractivity contribution is 5.82.